The molecule has 2 aromatic rings. The summed E-state index contributed by atoms with van der Waals surface area (Å²) in [4.78, 5) is 21.6. The van der Waals surface area contributed by atoms with Gasteiger partial charge in [0, 0.05) is 0 Å². The van der Waals surface area contributed by atoms with E-state index < -0.39 is 36.8 Å². The number of ether oxygens (including phenoxy) is 1. The number of aliphatic hydroxyl groups excluding tert-OH is 2. The SMILES string of the molecule is Nc1nc2c(ncn2C2OC(CO)[C@@H](O)C2F)c(=O)[nH]1. The number of alkyl halides is 1. The van der Waals surface area contributed by atoms with E-state index in [9.17, 15) is 14.3 Å². The molecule has 0 amide bonds. The molecule has 4 atom stereocenters. The standard InChI is InChI=1S/C10H12FN5O4/c11-4-6(18)3(1-17)20-9(4)16-2-13-5-7(16)14-10(12)15-8(5)19/h2-4,6,9,17-18H,1H2,(H3,12,14,15,19)/t3?,4?,6-,9?/m1/s1. The first-order valence-corrected chi connectivity index (χ1v) is 5.83. The molecule has 1 aliphatic rings. The summed E-state index contributed by atoms with van der Waals surface area (Å²) < 4.78 is 20.4. The van der Waals surface area contributed by atoms with Crippen molar-refractivity contribution in [2.24, 2.45) is 0 Å². The lowest BCUT2D eigenvalue weighted by atomic mass is 10.1. The van der Waals surface area contributed by atoms with Gasteiger partial charge in [-0.2, -0.15) is 4.98 Å². The highest BCUT2D eigenvalue weighted by molar-refractivity contribution is 5.70. The minimum Gasteiger partial charge on any atom is -0.394 e. The van der Waals surface area contributed by atoms with Crippen LogP contribution >= 0.6 is 0 Å². The van der Waals surface area contributed by atoms with Gasteiger partial charge in [-0.1, -0.05) is 0 Å². The molecule has 0 radical (unpaired) electrons. The zero-order chi connectivity index (χ0) is 14.4. The number of nitrogens with zero attached hydrogens (tertiary/aromatic N) is 3. The van der Waals surface area contributed by atoms with Crippen LogP contribution in [0.4, 0.5) is 10.3 Å². The molecule has 3 unspecified atom stereocenters. The Balaban J connectivity index is 2.09. The number of anilines is 1. The van der Waals surface area contributed by atoms with Crippen molar-refractivity contribution in [2.45, 2.75) is 24.6 Å². The van der Waals surface area contributed by atoms with E-state index in [4.69, 9.17) is 15.6 Å². The number of H-pyrrole nitrogens is 1. The van der Waals surface area contributed by atoms with E-state index in [1.165, 1.54) is 10.9 Å². The van der Waals surface area contributed by atoms with Crippen molar-refractivity contribution in [1.29, 1.82) is 0 Å². The summed E-state index contributed by atoms with van der Waals surface area (Å²) in [5.74, 6) is -0.142. The van der Waals surface area contributed by atoms with Gasteiger partial charge in [0.15, 0.2) is 23.6 Å². The first kappa shape index (κ1) is 13.0. The van der Waals surface area contributed by atoms with E-state index in [0.29, 0.717) is 0 Å². The number of nitrogens with two attached hydrogens (primary N) is 1. The lowest BCUT2D eigenvalue weighted by Gasteiger charge is -2.14. The molecule has 3 rings (SSSR count). The van der Waals surface area contributed by atoms with Gasteiger partial charge in [-0.3, -0.25) is 14.3 Å². The molecule has 20 heavy (non-hydrogen) atoms. The van der Waals surface area contributed by atoms with Crippen LogP contribution in [0.1, 0.15) is 6.23 Å². The summed E-state index contributed by atoms with van der Waals surface area (Å²) in [5, 5.41) is 18.6. The average molecular weight is 285 g/mol. The van der Waals surface area contributed by atoms with Gasteiger partial charge in [-0.05, 0) is 0 Å². The van der Waals surface area contributed by atoms with Crippen LogP contribution in [0, 0.1) is 0 Å². The van der Waals surface area contributed by atoms with Crippen molar-refractivity contribution in [1.82, 2.24) is 19.5 Å². The van der Waals surface area contributed by atoms with Gasteiger partial charge in [0.2, 0.25) is 5.95 Å². The van der Waals surface area contributed by atoms with Crippen molar-refractivity contribution < 1.29 is 19.3 Å². The number of aliphatic hydroxyl groups is 2. The quantitative estimate of drug-likeness (QED) is 0.515. The van der Waals surface area contributed by atoms with Crippen LogP contribution in [-0.4, -0.2) is 54.7 Å². The number of aromatic amines is 1. The smallest absolute Gasteiger partial charge is 0.280 e. The zero-order valence-electron chi connectivity index (χ0n) is 10.1. The third kappa shape index (κ3) is 1.77. The molecule has 0 saturated carbocycles. The van der Waals surface area contributed by atoms with Crippen LogP contribution in [0.2, 0.25) is 0 Å². The van der Waals surface area contributed by atoms with E-state index in [1.54, 1.807) is 0 Å². The van der Waals surface area contributed by atoms with E-state index >= 15 is 0 Å². The Bertz CT molecular complexity index is 701. The molecule has 9 nitrogen and oxygen atoms in total. The lowest BCUT2D eigenvalue weighted by Crippen LogP contribution is -2.30. The Labute approximate surface area is 110 Å². The molecule has 108 valence electrons. The molecule has 1 saturated heterocycles. The summed E-state index contributed by atoms with van der Waals surface area (Å²) in [6.45, 7) is -0.527. The van der Waals surface area contributed by atoms with Crippen molar-refractivity contribution >= 4 is 17.1 Å². The third-order valence-electron chi connectivity index (χ3n) is 3.20. The molecule has 1 fully saturated rings. The highest BCUT2D eigenvalue weighted by Gasteiger charge is 2.45. The predicted molar refractivity (Wildman–Crippen MR) is 64.5 cm³/mol. The van der Waals surface area contributed by atoms with Crippen LogP contribution < -0.4 is 11.3 Å². The Morgan fingerprint density at radius 3 is 3.00 bits per heavy atom. The number of hydrogen-bond acceptors (Lipinski definition) is 7. The minimum absolute atomic E-state index is 0.0167. The van der Waals surface area contributed by atoms with Gasteiger partial charge < -0.3 is 20.7 Å². The van der Waals surface area contributed by atoms with Gasteiger partial charge in [0.25, 0.3) is 5.56 Å². The van der Waals surface area contributed by atoms with Crippen LogP contribution in [0.15, 0.2) is 11.1 Å². The number of halogens is 1. The monoisotopic (exact) mass is 285 g/mol. The summed E-state index contributed by atoms with van der Waals surface area (Å²) in [6, 6.07) is 0. The normalized spacial score (nSPS) is 30.1. The minimum atomic E-state index is -1.79. The number of nitrogen functional groups attached to an aromatic ring is 1. The number of nitrogens with one attached hydrogen (secondary N) is 1. The Kier molecular flexibility index (Phi) is 2.92. The van der Waals surface area contributed by atoms with Crippen molar-refractivity contribution in [3.05, 3.63) is 16.7 Å². The van der Waals surface area contributed by atoms with Crippen LogP contribution in [-0.2, 0) is 4.74 Å². The van der Waals surface area contributed by atoms with Crippen LogP contribution in [0.25, 0.3) is 11.2 Å². The molecular formula is C10H12FN5O4. The van der Waals surface area contributed by atoms with Crippen molar-refractivity contribution in [2.75, 3.05) is 12.3 Å². The summed E-state index contributed by atoms with van der Waals surface area (Å²) in [7, 11) is 0. The highest BCUT2D eigenvalue weighted by atomic mass is 19.1. The highest BCUT2D eigenvalue weighted by Crippen LogP contribution is 2.32. The fraction of sp³-hybridized carbons (Fsp3) is 0.500. The summed E-state index contributed by atoms with van der Waals surface area (Å²) in [6.07, 6.45) is -4.36. The fourth-order valence-corrected chi connectivity index (χ4v) is 2.21. The van der Waals surface area contributed by atoms with Crippen LogP contribution in [0.3, 0.4) is 0 Å². The molecule has 2 aromatic heterocycles. The number of rotatable bonds is 2. The first-order valence-electron chi connectivity index (χ1n) is 5.83. The number of hydrogen-bond donors (Lipinski definition) is 4. The van der Waals surface area contributed by atoms with Gasteiger partial charge in [0.1, 0.15) is 12.2 Å². The summed E-state index contributed by atoms with van der Waals surface area (Å²) in [5.41, 5.74) is 4.91. The van der Waals surface area contributed by atoms with Crippen molar-refractivity contribution in [3.8, 4) is 0 Å². The molecule has 1 aliphatic heterocycles. The maximum absolute atomic E-state index is 14.0. The third-order valence-corrected chi connectivity index (χ3v) is 3.20. The molecule has 0 aliphatic carbocycles. The predicted octanol–water partition coefficient (Wildman–Crippen LogP) is -1.71. The van der Waals surface area contributed by atoms with Gasteiger partial charge in [-0.15, -0.1) is 0 Å². The number of aromatic nitrogens is 4. The lowest BCUT2D eigenvalue weighted by molar-refractivity contribution is -0.0459. The molecule has 5 N–H and O–H groups in total. The molecule has 10 heteroatoms. The average Bonchev–Trinajstić information content (AvgIpc) is 2.93. The van der Waals surface area contributed by atoms with E-state index in [0.717, 1.165) is 0 Å². The molecule has 0 bridgehead atoms. The summed E-state index contributed by atoms with van der Waals surface area (Å²) >= 11 is 0. The fourth-order valence-electron chi connectivity index (χ4n) is 2.21. The van der Waals surface area contributed by atoms with Gasteiger partial charge in [-0.25, -0.2) is 9.37 Å². The van der Waals surface area contributed by atoms with Crippen LogP contribution in [0.5, 0.6) is 0 Å². The second-order valence-electron chi connectivity index (χ2n) is 4.46. The molecule has 0 spiro atoms. The molecule has 0 aromatic carbocycles. The Hall–Kier alpha value is -2.04. The first-order chi connectivity index (χ1) is 9.52. The number of imidazole rings is 1. The van der Waals surface area contributed by atoms with Gasteiger partial charge >= 0.3 is 0 Å². The Morgan fingerprint density at radius 1 is 1.60 bits per heavy atom. The van der Waals surface area contributed by atoms with E-state index in [1.807, 2.05) is 0 Å². The zero-order valence-corrected chi connectivity index (χ0v) is 10.1. The number of fused-ring (bicyclic) bond motifs is 1. The molecular weight excluding hydrogens is 273 g/mol. The van der Waals surface area contributed by atoms with E-state index in [-0.39, 0.29) is 17.1 Å². The van der Waals surface area contributed by atoms with Gasteiger partial charge in [0.05, 0.1) is 12.9 Å². The second-order valence-corrected chi connectivity index (χ2v) is 4.46. The van der Waals surface area contributed by atoms with Crippen molar-refractivity contribution in [3.63, 3.8) is 0 Å². The van der Waals surface area contributed by atoms with E-state index in [2.05, 4.69) is 15.0 Å². The topological polar surface area (TPSA) is 139 Å². The maximum Gasteiger partial charge on any atom is 0.280 e. The largest absolute Gasteiger partial charge is 0.394 e. The molecule has 3 heterocycles. The Morgan fingerprint density at radius 2 is 2.35 bits per heavy atom. The maximum atomic E-state index is 14.0. The second kappa shape index (κ2) is 4.51.